The summed E-state index contributed by atoms with van der Waals surface area (Å²) in [5.74, 6) is 5.01. The summed E-state index contributed by atoms with van der Waals surface area (Å²) in [6.07, 6.45) is 5.84. The quantitative estimate of drug-likeness (QED) is 0.663. The van der Waals surface area contributed by atoms with Crippen LogP contribution in [0, 0.1) is 17.6 Å². The standard InChI is InChI=1S/C16H22F2N2O/c17-13-3-2-11(14(18)9-13)8-15(20-19)12-4-7-21-16(10-12)5-1-6-16/h2-3,9,12,15,20H,1,4-8,10,19H2. The van der Waals surface area contributed by atoms with Crippen LogP contribution < -0.4 is 11.3 Å². The molecule has 0 radical (unpaired) electrons. The topological polar surface area (TPSA) is 47.3 Å². The van der Waals surface area contributed by atoms with E-state index in [-0.39, 0.29) is 11.6 Å². The third kappa shape index (κ3) is 3.10. The maximum atomic E-state index is 13.8. The summed E-state index contributed by atoms with van der Waals surface area (Å²) in [5, 5.41) is 0. The monoisotopic (exact) mass is 296 g/mol. The number of ether oxygens (including phenoxy) is 1. The fourth-order valence-corrected chi connectivity index (χ4v) is 3.61. The van der Waals surface area contributed by atoms with Crippen molar-refractivity contribution in [2.24, 2.45) is 11.8 Å². The highest BCUT2D eigenvalue weighted by atomic mass is 19.1. The smallest absolute Gasteiger partial charge is 0.129 e. The van der Waals surface area contributed by atoms with Gasteiger partial charge in [-0.05, 0) is 56.1 Å². The Kier molecular flexibility index (Phi) is 4.24. The molecule has 0 amide bonds. The van der Waals surface area contributed by atoms with E-state index in [2.05, 4.69) is 5.43 Å². The zero-order chi connectivity index (χ0) is 14.9. The molecule has 21 heavy (non-hydrogen) atoms. The largest absolute Gasteiger partial charge is 0.375 e. The third-order valence-corrected chi connectivity index (χ3v) is 5.03. The molecular formula is C16H22F2N2O. The summed E-state index contributed by atoms with van der Waals surface area (Å²) in [6, 6.07) is 3.73. The van der Waals surface area contributed by atoms with E-state index in [4.69, 9.17) is 10.6 Å². The van der Waals surface area contributed by atoms with Gasteiger partial charge in [0.1, 0.15) is 11.6 Å². The second-order valence-corrected chi connectivity index (χ2v) is 6.35. The van der Waals surface area contributed by atoms with Gasteiger partial charge in [-0.1, -0.05) is 6.07 Å². The minimum Gasteiger partial charge on any atom is -0.375 e. The lowest BCUT2D eigenvalue weighted by Crippen LogP contribution is -2.52. The molecule has 2 aliphatic rings. The van der Waals surface area contributed by atoms with Crippen LogP contribution in [0.3, 0.4) is 0 Å². The Morgan fingerprint density at radius 2 is 2.19 bits per heavy atom. The lowest BCUT2D eigenvalue weighted by molar-refractivity contribution is -0.147. The summed E-state index contributed by atoms with van der Waals surface area (Å²) in [4.78, 5) is 0. The molecule has 2 unspecified atom stereocenters. The lowest BCUT2D eigenvalue weighted by atomic mass is 9.70. The van der Waals surface area contributed by atoms with E-state index >= 15 is 0 Å². The van der Waals surface area contributed by atoms with Crippen LogP contribution in [0.2, 0.25) is 0 Å². The van der Waals surface area contributed by atoms with Crippen molar-refractivity contribution in [3.63, 3.8) is 0 Å². The Morgan fingerprint density at radius 1 is 1.38 bits per heavy atom. The molecule has 1 aromatic rings. The minimum absolute atomic E-state index is 0.00802. The van der Waals surface area contributed by atoms with E-state index in [1.807, 2.05) is 0 Å². The van der Waals surface area contributed by atoms with E-state index < -0.39 is 11.6 Å². The first-order valence-electron chi connectivity index (χ1n) is 7.66. The Morgan fingerprint density at radius 3 is 2.81 bits per heavy atom. The molecule has 0 aromatic heterocycles. The van der Waals surface area contributed by atoms with Crippen molar-refractivity contribution >= 4 is 0 Å². The normalized spacial score (nSPS) is 25.6. The molecular weight excluding hydrogens is 274 g/mol. The van der Waals surface area contributed by atoms with E-state index in [1.165, 1.54) is 18.6 Å². The van der Waals surface area contributed by atoms with Crippen molar-refractivity contribution < 1.29 is 13.5 Å². The minimum atomic E-state index is -0.548. The van der Waals surface area contributed by atoms with Crippen LogP contribution in [0.1, 0.15) is 37.7 Å². The van der Waals surface area contributed by atoms with Crippen LogP contribution >= 0.6 is 0 Å². The molecule has 3 rings (SSSR count). The molecule has 1 spiro atoms. The van der Waals surface area contributed by atoms with Crippen LogP contribution in [0.25, 0.3) is 0 Å². The first kappa shape index (κ1) is 14.9. The molecule has 5 heteroatoms. The molecule has 3 N–H and O–H groups in total. The zero-order valence-electron chi connectivity index (χ0n) is 12.1. The first-order valence-corrected chi connectivity index (χ1v) is 7.66. The van der Waals surface area contributed by atoms with Crippen LogP contribution in [0.15, 0.2) is 18.2 Å². The van der Waals surface area contributed by atoms with Crippen molar-refractivity contribution in [2.75, 3.05) is 6.61 Å². The van der Waals surface area contributed by atoms with Gasteiger partial charge in [-0.15, -0.1) is 0 Å². The second-order valence-electron chi connectivity index (χ2n) is 6.35. The average Bonchev–Trinajstić information content (AvgIpc) is 2.45. The number of halogens is 2. The molecule has 1 aromatic carbocycles. The Bertz CT molecular complexity index is 505. The number of benzene rings is 1. The highest BCUT2D eigenvalue weighted by Crippen LogP contribution is 2.45. The maximum absolute atomic E-state index is 13.8. The van der Waals surface area contributed by atoms with Crippen molar-refractivity contribution in [1.29, 1.82) is 0 Å². The van der Waals surface area contributed by atoms with E-state index in [0.29, 0.717) is 17.9 Å². The summed E-state index contributed by atoms with van der Waals surface area (Å²) < 4.78 is 32.7. The van der Waals surface area contributed by atoms with Crippen molar-refractivity contribution in [3.05, 3.63) is 35.4 Å². The first-order chi connectivity index (χ1) is 10.1. The fraction of sp³-hybridized carbons (Fsp3) is 0.625. The highest BCUT2D eigenvalue weighted by molar-refractivity contribution is 5.20. The highest BCUT2D eigenvalue weighted by Gasteiger charge is 2.44. The van der Waals surface area contributed by atoms with Gasteiger partial charge in [0.2, 0.25) is 0 Å². The van der Waals surface area contributed by atoms with Gasteiger partial charge in [-0.3, -0.25) is 11.3 Å². The molecule has 1 saturated heterocycles. The second kappa shape index (κ2) is 5.99. The Balaban J connectivity index is 1.69. The van der Waals surface area contributed by atoms with Crippen molar-refractivity contribution in [2.45, 2.75) is 50.2 Å². The number of nitrogens with one attached hydrogen (secondary N) is 1. The summed E-state index contributed by atoms with van der Waals surface area (Å²) in [6.45, 7) is 0.745. The molecule has 1 heterocycles. The van der Waals surface area contributed by atoms with Crippen LogP contribution in [0.4, 0.5) is 8.78 Å². The molecule has 2 fully saturated rings. The van der Waals surface area contributed by atoms with Gasteiger partial charge in [0.05, 0.1) is 5.60 Å². The van der Waals surface area contributed by atoms with Gasteiger partial charge in [0.15, 0.2) is 0 Å². The number of hydrogen-bond acceptors (Lipinski definition) is 3. The molecule has 1 aliphatic heterocycles. The predicted octanol–water partition coefficient (Wildman–Crippen LogP) is 2.69. The Labute approximate surface area is 123 Å². The summed E-state index contributed by atoms with van der Waals surface area (Å²) >= 11 is 0. The average molecular weight is 296 g/mol. The molecule has 1 saturated carbocycles. The van der Waals surface area contributed by atoms with Crippen LogP contribution in [0.5, 0.6) is 0 Å². The summed E-state index contributed by atoms with van der Waals surface area (Å²) in [7, 11) is 0. The SMILES string of the molecule is NNC(Cc1ccc(F)cc1F)C1CCOC2(CCC2)C1. The molecule has 2 atom stereocenters. The third-order valence-electron chi connectivity index (χ3n) is 5.03. The predicted molar refractivity (Wildman–Crippen MR) is 76.4 cm³/mol. The summed E-state index contributed by atoms with van der Waals surface area (Å²) in [5.41, 5.74) is 3.38. The number of rotatable bonds is 4. The molecule has 1 aliphatic carbocycles. The fourth-order valence-electron chi connectivity index (χ4n) is 3.61. The zero-order valence-corrected chi connectivity index (χ0v) is 12.1. The number of nitrogens with two attached hydrogens (primary N) is 1. The molecule has 116 valence electrons. The van der Waals surface area contributed by atoms with Crippen LogP contribution in [-0.4, -0.2) is 18.2 Å². The number of hydrazine groups is 1. The molecule has 3 nitrogen and oxygen atoms in total. The molecule has 0 bridgehead atoms. The maximum Gasteiger partial charge on any atom is 0.129 e. The van der Waals surface area contributed by atoms with Crippen molar-refractivity contribution in [3.8, 4) is 0 Å². The van der Waals surface area contributed by atoms with Gasteiger partial charge in [-0.2, -0.15) is 0 Å². The number of hydrogen-bond donors (Lipinski definition) is 2. The Hall–Kier alpha value is -1.04. The lowest BCUT2D eigenvalue weighted by Gasteiger charge is -2.48. The van der Waals surface area contributed by atoms with E-state index in [0.717, 1.165) is 38.4 Å². The van der Waals surface area contributed by atoms with Gasteiger partial charge in [-0.25, -0.2) is 8.78 Å². The van der Waals surface area contributed by atoms with Gasteiger partial charge in [0, 0.05) is 18.7 Å². The van der Waals surface area contributed by atoms with E-state index in [9.17, 15) is 8.78 Å². The van der Waals surface area contributed by atoms with Gasteiger partial charge in [0.25, 0.3) is 0 Å². The van der Waals surface area contributed by atoms with E-state index in [1.54, 1.807) is 0 Å². The van der Waals surface area contributed by atoms with Gasteiger partial charge >= 0.3 is 0 Å². The van der Waals surface area contributed by atoms with Crippen molar-refractivity contribution in [1.82, 2.24) is 5.43 Å². The van der Waals surface area contributed by atoms with Gasteiger partial charge < -0.3 is 4.74 Å². The van der Waals surface area contributed by atoms with Crippen LogP contribution in [-0.2, 0) is 11.2 Å².